The van der Waals surface area contributed by atoms with Gasteiger partial charge in [-0.05, 0) is 38.0 Å². The van der Waals surface area contributed by atoms with Crippen LogP contribution in [0.1, 0.15) is 41.9 Å². The van der Waals surface area contributed by atoms with Crippen molar-refractivity contribution in [1.29, 1.82) is 0 Å². The highest BCUT2D eigenvalue weighted by Gasteiger charge is 2.29. The number of benzene rings is 1. The van der Waals surface area contributed by atoms with Gasteiger partial charge in [-0.1, -0.05) is 11.6 Å². The molecule has 7 nitrogen and oxygen atoms in total. The van der Waals surface area contributed by atoms with Crippen molar-refractivity contribution >= 4 is 22.8 Å². The lowest BCUT2D eigenvalue weighted by Gasteiger charge is -2.28. The van der Waals surface area contributed by atoms with Crippen molar-refractivity contribution in [3.63, 3.8) is 0 Å². The lowest BCUT2D eigenvalue weighted by molar-refractivity contribution is 0.00398. The molecule has 4 aromatic rings. The van der Waals surface area contributed by atoms with Crippen LogP contribution in [0.3, 0.4) is 0 Å². The largest absolute Gasteiger partial charge is 0.373 e. The molecule has 5 rings (SSSR count). The molecule has 4 heterocycles. The molecule has 158 valence electrons. The second-order valence-corrected chi connectivity index (χ2v) is 8.20. The number of fused-ring (bicyclic) bond motifs is 1. The van der Waals surface area contributed by atoms with E-state index in [4.69, 9.17) is 26.3 Å². The summed E-state index contributed by atoms with van der Waals surface area (Å²) in [6.45, 7) is 2.43. The molecule has 1 fully saturated rings. The van der Waals surface area contributed by atoms with Crippen molar-refractivity contribution in [3.05, 3.63) is 64.7 Å². The molecule has 1 saturated heterocycles. The van der Waals surface area contributed by atoms with E-state index < -0.39 is 5.82 Å². The summed E-state index contributed by atoms with van der Waals surface area (Å²) >= 11 is 5.95. The maximum atomic E-state index is 14.8. The summed E-state index contributed by atoms with van der Waals surface area (Å²) < 4.78 is 22.5. The van der Waals surface area contributed by atoms with Crippen molar-refractivity contribution < 1.29 is 9.13 Å². The van der Waals surface area contributed by atoms with Crippen LogP contribution in [-0.4, -0.2) is 36.3 Å². The minimum atomic E-state index is -0.457. The molecule has 1 aromatic carbocycles. The first-order valence-corrected chi connectivity index (χ1v) is 10.4. The molecule has 1 aliphatic heterocycles. The Morgan fingerprint density at radius 2 is 2.06 bits per heavy atom. The van der Waals surface area contributed by atoms with Crippen LogP contribution in [0.2, 0.25) is 5.02 Å². The highest BCUT2D eigenvalue weighted by Crippen LogP contribution is 2.38. The van der Waals surface area contributed by atoms with Crippen LogP contribution in [0.25, 0.3) is 22.4 Å². The van der Waals surface area contributed by atoms with Gasteiger partial charge in [0.2, 0.25) is 0 Å². The summed E-state index contributed by atoms with van der Waals surface area (Å²) in [5.74, 6) is 0.203. The summed E-state index contributed by atoms with van der Waals surface area (Å²) in [5, 5.41) is 4.57. The molecule has 9 heteroatoms. The van der Waals surface area contributed by atoms with Crippen LogP contribution in [0.5, 0.6) is 0 Å². The molecular formula is C22H20ClFN6O. The SMILES string of the molecule is Cc1cnc2c(-c3ccc(Cl)cc3F)nc([C@H]3CCO[C@@H](c4cnn(C)c4)C3)nc2n1. The molecule has 0 amide bonds. The summed E-state index contributed by atoms with van der Waals surface area (Å²) in [5.41, 5.74) is 3.43. The fraction of sp³-hybridized carbons (Fsp3) is 0.318. The van der Waals surface area contributed by atoms with E-state index in [0.29, 0.717) is 46.3 Å². The second-order valence-electron chi connectivity index (χ2n) is 7.77. The van der Waals surface area contributed by atoms with Gasteiger partial charge in [-0.2, -0.15) is 5.10 Å². The van der Waals surface area contributed by atoms with Crippen LogP contribution in [0.15, 0.2) is 36.8 Å². The molecule has 31 heavy (non-hydrogen) atoms. The quantitative estimate of drug-likeness (QED) is 0.466. The summed E-state index contributed by atoms with van der Waals surface area (Å²) in [6, 6.07) is 4.54. The minimum Gasteiger partial charge on any atom is -0.373 e. The monoisotopic (exact) mass is 438 g/mol. The Balaban J connectivity index is 1.60. The number of ether oxygens (including phenoxy) is 1. The van der Waals surface area contributed by atoms with E-state index in [2.05, 4.69) is 15.1 Å². The van der Waals surface area contributed by atoms with Crippen LogP contribution in [0, 0.1) is 12.7 Å². The van der Waals surface area contributed by atoms with Gasteiger partial charge in [-0.25, -0.2) is 24.3 Å². The lowest BCUT2D eigenvalue weighted by Crippen LogP contribution is -2.20. The van der Waals surface area contributed by atoms with E-state index in [9.17, 15) is 4.39 Å². The number of hydrogen-bond acceptors (Lipinski definition) is 6. The average Bonchev–Trinajstić information content (AvgIpc) is 3.19. The van der Waals surface area contributed by atoms with Crippen molar-refractivity contribution in [3.8, 4) is 11.3 Å². The molecule has 0 radical (unpaired) electrons. The third kappa shape index (κ3) is 3.88. The Morgan fingerprint density at radius 3 is 2.84 bits per heavy atom. The molecule has 0 saturated carbocycles. The van der Waals surface area contributed by atoms with Crippen molar-refractivity contribution in [1.82, 2.24) is 29.7 Å². The van der Waals surface area contributed by atoms with E-state index in [1.807, 2.05) is 26.4 Å². The van der Waals surface area contributed by atoms with Crippen LogP contribution >= 0.6 is 11.6 Å². The van der Waals surface area contributed by atoms with Gasteiger partial charge < -0.3 is 4.74 Å². The second kappa shape index (κ2) is 7.94. The van der Waals surface area contributed by atoms with Crippen LogP contribution < -0.4 is 0 Å². The number of rotatable bonds is 3. The summed E-state index contributed by atoms with van der Waals surface area (Å²) in [7, 11) is 1.88. The van der Waals surface area contributed by atoms with Crippen molar-refractivity contribution in [2.24, 2.45) is 7.05 Å². The van der Waals surface area contributed by atoms with E-state index in [0.717, 1.165) is 17.7 Å². The summed E-state index contributed by atoms with van der Waals surface area (Å²) in [6.07, 6.45) is 6.79. The molecule has 0 N–H and O–H groups in total. The van der Waals surface area contributed by atoms with Gasteiger partial charge in [0.25, 0.3) is 0 Å². The number of hydrogen-bond donors (Lipinski definition) is 0. The van der Waals surface area contributed by atoms with Gasteiger partial charge in [0, 0.05) is 48.1 Å². The molecule has 2 atom stereocenters. The topological polar surface area (TPSA) is 78.6 Å². The highest BCUT2D eigenvalue weighted by atomic mass is 35.5. The summed E-state index contributed by atoms with van der Waals surface area (Å²) in [4.78, 5) is 18.5. The van der Waals surface area contributed by atoms with Gasteiger partial charge >= 0.3 is 0 Å². The number of aromatic nitrogens is 6. The van der Waals surface area contributed by atoms with Crippen molar-refractivity contribution in [2.75, 3.05) is 6.61 Å². The minimum absolute atomic E-state index is 0.0415. The zero-order valence-electron chi connectivity index (χ0n) is 17.1. The Kier molecular flexibility index (Phi) is 5.11. The normalized spacial score (nSPS) is 19.1. The van der Waals surface area contributed by atoms with E-state index in [1.165, 1.54) is 6.07 Å². The van der Waals surface area contributed by atoms with Gasteiger partial charge in [0.15, 0.2) is 5.65 Å². The Hall–Kier alpha value is -2.97. The first-order valence-electron chi connectivity index (χ1n) is 10.0. The molecule has 3 aromatic heterocycles. The van der Waals surface area contributed by atoms with E-state index >= 15 is 0 Å². The smallest absolute Gasteiger partial charge is 0.182 e. The first-order chi connectivity index (χ1) is 15.0. The maximum absolute atomic E-state index is 14.8. The fourth-order valence-corrected chi connectivity index (χ4v) is 4.09. The lowest BCUT2D eigenvalue weighted by atomic mass is 9.92. The first kappa shape index (κ1) is 20.0. The van der Waals surface area contributed by atoms with Gasteiger partial charge in [0.1, 0.15) is 22.9 Å². The average molecular weight is 439 g/mol. The standard InChI is InChI=1S/C22H20ClFN6O/c1-12-9-25-20-19(16-4-3-15(23)8-17(16)24)28-21(29-22(20)27-12)13-5-6-31-18(7-13)14-10-26-30(2)11-14/h3-4,8-11,13,18H,5-7H2,1-2H3/t13-,18+/m0/s1. The van der Waals surface area contributed by atoms with E-state index in [-0.39, 0.29) is 12.0 Å². The Morgan fingerprint density at radius 1 is 1.19 bits per heavy atom. The molecule has 0 aliphatic carbocycles. The van der Waals surface area contributed by atoms with Crippen LogP contribution in [-0.2, 0) is 11.8 Å². The number of aryl methyl sites for hydroxylation is 2. The van der Waals surface area contributed by atoms with E-state index in [1.54, 1.807) is 23.0 Å². The molecule has 0 spiro atoms. The van der Waals surface area contributed by atoms with Gasteiger partial charge in [-0.3, -0.25) is 4.68 Å². The molecular weight excluding hydrogens is 419 g/mol. The number of nitrogens with zero attached hydrogens (tertiary/aromatic N) is 6. The fourth-order valence-electron chi connectivity index (χ4n) is 3.93. The zero-order chi connectivity index (χ0) is 21.5. The van der Waals surface area contributed by atoms with Crippen molar-refractivity contribution in [2.45, 2.75) is 31.8 Å². The number of halogens is 2. The third-order valence-electron chi connectivity index (χ3n) is 5.48. The highest BCUT2D eigenvalue weighted by molar-refractivity contribution is 6.30. The van der Waals surface area contributed by atoms with Crippen LogP contribution in [0.4, 0.5) is 4.39 Å². The Bertz CT molecular complexity index is 1280. The molecule has 1 aliphatic rings. The molecule has 0 unspecified atom stereocenters. The Labute approximate surface area is 183 Å². The van der Waals surface area contributed by atoms with Gasteiger partial charge in [-0.15, -0.1) is 0 Å². The molecule has 0 bridgehead atoms. The maximum Gasteiger partial charge on any atom is 0.182 e. The zero-order valence-corrected chi connectivity index (χ0v) is 17.8. The van der Waals surface area contributed by atoms with Gasteiger partial charge in [0.05, 0.1) is 18.0 Å². The predicted molar refractivity (Wildman–Crippen MR) is 114 cm³/mol. The third-order valence-corrected chi connectivity index (χ3v) is 5.71. The predicted octanol–water partition coefficient (Wildman–Crippen LogP) is 4.56.